The smallest absolute Gasteiger partial charge is 0.168 e. The van der Waals surface area contributed by atoms with Gasteiger partial charge in [-0.1, -0.05) is 40.9 Å². The van der Waals surface area contributed by atoms with E-state index in [1.807, 2.05) is 0 Å². The van der Waals surface area contributed by atoms with Crippen LogP contribution in [-0.4, -0.2) is 4.98 Å². The summed E-state index contributed by atoms with van der Waals surface area (Å²) in [6.45, 7) is 1.46. The molecule has 0 aliphatic carbocycles. The number of aryl methyl sites for hydroxylation is 1. The van der Waals surface area contributed by atoms with Crippen molar-refractivity contribution in [3.05, 3.63) is 50.6 Å². The van der Waals surface area contributed by atoms with E-state index in [2.05, 4.69) is 4.98 Å². The monoisotopic (exact) mass is 307 g/mol. The average Bonchev–Trinajstić information content (AvgIpc) is 2.32. The number of benzene rings is 1. The second-order valence-corrected chi connectivity index (χ2v) is 4.82. The lowest BCUT2D eigenvalue weighted by molar-refractivity contribution is 0.505. The molecule has 18 heavy (non-hydrogen) atoms. The Labute approximate surface area is 117 Å². The Morgan fingerprint density at radius 3 is 2.33 bits per heavy atom. The van der Waals surface area contributed by atoms with Crippen molar-refractivity contribution >= 4 is 34.8 Å². The van der Waals surface area contributed by atoms with Gasteiger partial charge in [-0.3, -0.25) is 0 Å². The van der Waals surface area contributed by atoms with Crippen molar-refractivity contribution in [2.24, 2.45) is 0 Å². The summed E-state index contributed by atoms with van der Waals surface area (Å²) < 4.78 is 27.3. The molecule has 1 heterocycles. The third-order valence-electron chi connectivity index (χ3n) is 2.42. The zero-order valence-corrected chi connectivity index (χ0v) is 11.3. The third-order valence-corrected chi connectivity index (χ3v) is 3.38. The fourth-order valence-electron chi connectivity index (χ4n) is 1.46. The second kappa shape index (κ2) is 5.00. The lowest BCUT2D eigenvalue weighted by Gasteiger charge is -2.08. The molecule has 1 aromatic heterocycles. The molecule has 2 aromatic rings. The van der Waals surface area contributed by atoms with Crippen molar-refractivity contribution in [1.29, 1.82) is 0 Å². The normalized spacial score (nSPS) is 10.8. The van der Waals surface area contributed by atoms with Crippen molar-refractivity contribution in [3.8, 4) is 11.3 Å². The molecule has 0 saturated heterocycles. The van der Waals surface area contributed by atoms with E-state index >= 15 is 0 Å². The van der Waals surface area contributed by atoms with E-state index in [9.17, 15) is 8.78 Å². The minimum absolute atomic E-state index is 0.0172. The van der Waals surface area contributed by atoms with Gasteiger partial charge in [0.1, 0.15) is 5.15 Å². The molecule has 0 spiro atoms. The molecular weight excluding hydrogens is 302 g/mol. The van der Waals surface area contributed by atoms with Crippen LogP contribution in [0.1, 0.15) is 5.56 Å². The van der Waals surface area contributed by atoms with Gasteiger partial charge in [-0.25, -0.2) is 13.8 Å². The van der Waals surface area contributed by atoms with Gasteiger partial charge >= 0.3 is 0 Å². The highest BCUT2D eigenvalue weighted by Gasteiger charge is 2.17. The number of pyridine rings is 1. The number of nitrogens with zero attached hydrogens (tertiary/aromatic N) is 1. The summed E-state index contributed by atoms with van der Waals surface area (Å²) in [4.78, 5) is 3.87. The number of halogens is 5. The van der Waals surface area contributed by atoms with E-state index in [0.29, 0.717) is 0 Å². The Hall–Kier alpha value is -0.900. The fourth-order valence-corrected chi connectivity index (χ4v) is 2.06. The molecule has 0 atom stereocenters. The third kappa shape index (κ3) is 2.30. The van der Waals surface area contributed by atoms with E-state index in [-0.39, 0.29) is 32.0 Å². The van der Waals surface area contributed by atoms with Gasteiger partial charge in [0, 0.05) is 5.56 Å². The Kier molecular flexibility index (Phi) is 3.76. The van der Waals surface area contributed by atoms with E-state index in [1.165, 1.54) is 25.1 Å². The van der Waals surface area contributed by atoms with Gasteiger partial charge < -0.3 is 0 Å². The minimum atomic E-state index is -1.01. The maximum atomic E-state index is 13.8. The molecule has 0 radical (unpaired) electrons. The molecule has 0 fully saturated rings. The lowest BCUT2D eigenvalue weighted by atomic mass is 10.1. The summed E-state index contributed by atoms with van der Waals surface area (Å²) in [6, 6.07) is 4.17. The molecule has 0 amide bonds. The van der Waals surface area contributed by atoms with Crippen molar-refractivity contribution in [3.63, 3.8) is 0 Å². The Morgan fingerprint density at radius 1 is 1.00 bits per heavy atom. The summed E-state index contributed by atoms with van der Waals surface area (Å²) in [5, 5.41) is 0.237. The van der Waals surface area contributed by atoms with Gasteiger partial charge in [-0.05, 0) is 24.6 Å². The number of aromatic nitrogens is 1. The molecule has 0 aliphatic heterocycles. The van der Waals surface area contributed by atoms with Crippen molar-refractivity contribution in [2.45, 2.75) is 6.92 Å². The number of rotatable bonds is 1. The van der Waals surface area contributed by atoms with Crippen molar-refractivity contribution in [2.75, 3.05) is 0 Å². The molecule has 1 aromatic carbocycles. The van der Waals surface area contributed by atoms with Crippen LogP contribution in [0.15, 0.2) is 18.2 Å². The van der Waals surface area contributed by atoms with Crippen LogP contribution >= 0.6 is 34.8 Å². The first-order valence-electron chi connectivity index (χ1n) is 4.88. The van der Waals surface area contributed by atoms with Crippen LogP contribution in [0.4, 0.5) is 8.78 Å². The standard InChI is InChI=1S/C12H6Cl3F2N/c1-5-2-3-6(10(17)9(5)16)11-7(13)4-8(14)12(15)18-11/h2-4H,1H3. The molecular formula is C12H6Cl3F2N. The summed E-state index contributed by atoms with van der Waals surface area (Å²) >= 11 is 17.4. The first-order chi connectivity index (χ1) is 8.41. The maximum Gasteiger partial charge on any atom is 0.168 e. The summed E-state index contributed by atoms with van der Waals surface area (Å²) in [5.74, 6) is -1.95. The van der Waals surface area contributed by atoms with Gasteiger partial charge in [0.05, 0.1) is 15.7 Å². The van der Waals surface area contributed by atoms with Crippen molar-refractivity contribution in [1.82, 2.24) is 4.98 Å². The Bertz CT molecular complexity index is 629. The molecule has 2 rings (SSSR count). The van der Waals surface area contributed by atoms with Crippen molar-refractivity contribution < 1.29 is 8.78 Å². The molecule has 6 heteroatoms. The Balaban J connectivity index is 2.70. The summed E-state index contributed by atoms with van der Waals surface area (Å²) in [5.41, 5.74) is 0.205. The van der Waals surface area contributed by atoms with Gasteiger partial charge in [0.15, 0.2) is 11.6 Å². The van der Waals surface area contributed by atoms with E-state index in [1.54, 1.807) is 0 Å². The van der Waals surface area contributed by atoms with Crippen LogP contribution in [0.25, 0.3) is 11.3 Å². The highest BCUT2D eigenvalue weighted by molar-refractivity contribution is 6.42. The Morgan fingerprint density at radius 2 is 1.67 bits per heavy atom. The SMILES string of the molecule is Cc1ccc(-c2nc(Cl)c(Cl)cc2Cl)c(F)c1F. The first-order valence-corrected chi connectivity index (χ1v) is 6.01. The molecule has 0 N–H and O–H groups in total. The van der Waals surface area contributed by atoms with Crippen LogP contribution in [0, 0.1) is 18.6 Å². The summed E-state index contributed by atoms with van der Waals surface area (Å²) in [6.07, 6.45) is 0. The average molecular weight is 309 g/mol. The van der Waals surface area contributed by atoms with Crippen LogP contribution < -0.4 is 0 Å². The zero-order chi connectivity index (χ0) is 13.4. The minimum Gasteiger partial charge on any atom is -0.233 e. The van der Waals surface area contributed by atoms with Gasteiger partial charge in [-0.2, -0.15) is 0 Å². The fraction of sp³-hybridized carbons (Fsp3) is 0.0833. The topological polar surface area (TPSA) is 12.9 Å². The number of hydrogen-bond donors (Lipinski definition) is 0. The molecule has 0 unspecified atom stereocenters. The van der Waals surface area contributed by atoms with Gasteiger partial charge in [0.25, 0.3) is 0 Å². The maximum absolute atomic E-state index is 13.8. The molecule has 0 bridgehead atoms. The second-order valence-electron chi connectivity index (χ2n) is 3.65. The van der Waals surface area contributed by atoms with Crippen LogP contribution in [-0.2, 0) is 0 Å². The summed E-state index contributed by atoms with van der Waals surface area (Å²) in [7, 11) is 0. The molecule has 1 nitrogen and oxygen atoms in total. The van der Waals surface area contributed by atoms with E-state index in [0.717, 1.165) is 0 Å². The lowest BCUT2D eigenvalue weighted by Crippen LogP contribution is -1.96. The zero-order valence-electron chi connectivity index (χ0n) is 9.07. The quantitative estimate of drug-likeness (QED) is 0.652. The van der Waals surface area contributed by atoms with E-state index < -0.39 is 11.6 Å². The van der Waals surface area contributed by atoms with Crippen LogP contribution in [0.3, 0.4) is 0 Å². The van der Waals surface area contributed by atoms with Gasteiger partial charge in [0.2, 0.25) is 0 Å². The first kappa shape index (κ1) is 13.5. The highest BCUT2D eigenvalue weighted by atomic mass is 35.5. The van der Waals surface area contributed by atoms with Gasteiger partial charge in [-0.15, -0.1) is 0 Å². The molecule has 0 saturated carbocycles. The van der Waals surface area contributed by atoms with Crippen LogP contribution in [0.2, 0.25) is 15.2 Å². The molecule has 94 valence electrons. The predicted octanol–water partition coefficient (Wildman–Crippen LogP) is 5.30. The highest BCUT2D eigenvalue weighted by Crippen LogP contribution is 2.34. The number of hydrogen-bond acceptors (Lipinski definition) is 1. The molecule has 0 aliphatic rings. The predicted molar refractivity (Wildman–Crippen MR) is 69.4 cm³/mol. The van der Waals surface area contributed by atoms with E-state index in [4.69, 9.17) is 34.8 Å². The largest absolute Gasteiger partial charge is 0.233 e. The van der Waals surface area contributed by atoms with Crippen LogP contribution in [0.5, 0.6) is 0 Å².